The van der Waals surface area contributed by atoms with Gasteiger partial charge in [-0.3, -0.25) is 4.72 Å². The molecule has 10 heteroatoms. The van der Waals surface area contributed by atoms with Crippen LogP contribution in [0.15, 0.2) is 53.6 Å². The molecule has 0 saturated carbocycles. The highest BCUT2D eigenvalue weighted by atomic mass is 32.2. The molecule has 0 spiro atoms. The molecule has 8 nitrogen and oxygen atoms in total. The molecule has 2 aromatic carbocycles. The first-order valence-corrected chi connectivity index (χ1v) is 12.8. The van der Waals surface area contributed by atoms with Crippen molar-refractivity contribution in [3.8, 4) is 5.75 Å². The summed E-state index contributed by atoms with van der Waals surface area (Å²) in [6.45, 7) is 3.14. The number of rotatable bonds is 8. The lowest BCUT2D eigenvalue weighted by Gasteiger charge is -2.23. The molecule has 162 valence electrons. The molecule has 1 atom stereocenters. The van der Waals surface area contributed by atoms with Gasteiger partial charge in [0.2, 0.25) is 20.0 Å². The second kappa shape index (κ2) is 8.65. The van der Waals surface area contributed by atoms with Crippen LogP contribution in [0.5, 0.6) is 5.75 Å². The zero-order valence-corrected chi connectivity index (χ0v) is 18.7. The minimum atomic E-state index is -3.58. The third kappa shape index (κ3) is 4.76. The Hall–Kier alpha value is -2.59. The van der Waals surface area contributed by atoms with Crippen LogP contribution in [0.25, 0.3) is 0 Å². The van der Waals surface area contributed by atoms with E-state index in [-0.39, 0.29) is 11.5 Å². The summed E-state index contributed by atoms with van der Waals surface area (Å²) in [5, 5.41) is 4.42. The number of ether oxygens (including phenoxy) is 1. The molecule has 0 bridgehead atoms. The van der Waals surface area contributed by atoms with Crippen molar-refractivity contribution in [3.05, 3.63) is 59.7 Å². The fourth-order valence-electron chi connectivity index (χ4n) is 3.13. The lowest BCUT2D eigenvalue weighted by Crippen LogP contribution is -2.28. The lowest BCUT2D eigenvalue weighted by atomic mass is 9.99. The molecule has 30 heavy (non-hydrogen) atoms. The van der Waals surface area contributed by atoms with Crippen LogP contribution in [0.2, 0.25) is 0 Å². The summed E-state index contributed by atoms with van der Waals surface area (Å²) >= 11 is 0. The third-order valence-electron chi connectivity index (χ3n) is 4.87. The van der Waals surface area contributed by atoms with E-state index in [1.807, 2.05) is 18.2 Å². The normalized spacial score (nSPS) is 17.0. The Bertz CT molecular complexity index is 1140. The second-order valence-corrected chi connectivity index (χ2v) is 10.9. The number of sulfonamides is 2. The van der Waals surface area contributed by atoms with E-state index in [1.54, 1.807) is 51.3 Å². The van der Waals surface area contributed by atoms with E-state index in [4.69, 9.17) is 4.74 Å². The van der Waals surface area contributed by atoms with Gasteiger partial charge in [0.25, 0.3) is 0 Å². The van der Waals surface area contributed by atoms with Crippen LogP contribution < -0.4 is 9.46 Å². The largest absolute Gasteiger partial charge is 0.497 e. The van der Waals surface area contributed by atoms with Crippen LogP contribution in [0, 0.1) is 0 Å². The van der Waals surface area contributed by atoms with Gasteiger partial charge in [-0.2, -0.15) is 9.52 Å². The Morgan fingerprint density at radius 1 is 1.07 bits per heavy atom. The van der Waals surface area contributed by atoms with E-state index in [0.29, 0.717) is 23.6 Å². The standard InChI is InChI=1S/C20H25N3O5S2/c1-4-29(24,25)22-17-11-9-15(10-12-17)19-14-20(23(21-19)30(26,27)5-2)16-7-6-8-18(13-16)28-3/h6-13,20,22H,4-5,14H2,1-3H3. The molecule has 0 radical (unpaired) electrons. The van der Waals surface area contributed by atoms with E-state index in [2.05, 4.69) is 9.82 Å². The Balaban J connectivity index is 1.93. The van der Waals surface area contributed by atoms with Gasteiger partial charge in [0.05, 0.1) is 30.4 Å². The summed E-state index contributed by atoms with van der Waals surface area (Å²) in [6.07, 6.45) is 0.395. The Morgan fingerprint density at radius 2 is 1.77 bits per heavy atom. The number of hydrogen-bond acceptors (Lipinski definition) is 6. The molecule has 3 rings (SSSR count). The van der Waals surface area contributed by atoms with Gasteiger partial charge in [-0.25, -0.2) is 16.8 Å². The molecular formula is C20H25N3O5S2. The van der Waals surface area contributed by atoms with E-state index < -0.39 is 26.1 Å². The number of hydrazone groups is 1. The molecule has 1 N–H and O–H groups in total. The number of nitrogens with one attached hydrogen (secondary N) is 1. The summed E-state index contributed by atoms with van der Waals surface area (Å²) in [5.41, 5.74) is 2.58. The van der Waals surface area contributed by atoms with Crippen molar-refractivity contribution in [3.63, 3.8) is 0 Å². The van der Waals surface area contributed by atoms with Crippen molar-refractivity contribution < 1.29 is 21.6 Å². The minimum Gasteiger partial charge on any atom is -0.497 e. The summed E-state index contributed by atoms with van der Waals surface area (Å²) in [5.74, 6) is 0.553. The van der Waals surface area contributed by atoms with Crippen LogP contribution in [-0.2, 0) is 20.0 Å². The molecule has 0 saturated heterocycles. The van der Waals surface area contributed by atoms with Crippen LogP contribution in [0.3, 0.4) is 0 Å². The Kier molecular flexibility index (Phi) is 6.37. The highest BCUT2D eigenvalue weighted by Gasteiger charge is 2.36. The number of anilines is 1. The molecule has 0 aromatic heterocycles. The molecule has 0 fully saturated rings. The topological polar surface area (TPSA) is 105 Å². The lowest BCUT2D eigenvalue weighted by molar-refractivity contribution is 0.369. The molecule has 1 aliphatic rings. The maximum absolute atomic E-state index is 12.7. The maximum atomic E-state index is 12.7. The van der Waals surface area contributed by atoms with Crippen molar-refractivity contribution in [2.75, 3.05) is 23.3 Å². The van der Waals surface area contributed by atoms with E-state index in [0.717, 1.165) is 11.1 Å². The average Bonchev–Trinajstić information content (AvgIpc) is 3.20. The van der Waals surface area contributed by atoms with E-state index >= 15 is 0 Å². The predicted octanol–water partition coefficient (Wildman–Crippen LogP) is 2.96. The van der Waals surface area contributed by atoms with Gasteiger partial charge in [0.15, 0.2) is 0 Å². The smallest absolute Gasteiger partial charge is 0.250 e. The number of hydrogen-bond donors (Lipinski definition) is 1. The van der Waals surface area contributed by atoms with Crippen molar-refractivity contribution in [2.45, 2.75) is 26.3 Å². The van der Waals surface area contributed by atoms with Gasteiger partial charge in [0.1, 0.15) is 5.75 Å². The molecular weight excluding hydrogens is 426 g/mol. The van der Waals surface area contributed by atoms with Crippen molar-refractivity contribution in [1.29, 1.82) is 0 Å². The van der Waals surface area contributed by atoms with Gasteiger partial charge < -0.3 is 4.74 Å². The highest BCUT2D eigenvalue weighted by Crippen LogP contribution is 2.36. The first-order valence-electron chi connectivity index (χ1n) is 9.53. The van der Waals surface area contributed by atoms with Gasteiger partial charge in [-0.05, 0) is 49.2 Å². The SMILES string of the molecule is CCS(=O)(=O)Nc1ccc(C2=NN(S(=O)(=O)CC)C(c3cccc(OC)c3)C2)cc1. The van der Waals surface area contributed by atoms with Gasteiger partial charge in [-0.15, -0.1) is 0 Å². The van der Waals surface area contributed by atoms with Gasteiger partial charge >= 0.3 is 0 Å². The maximum Gasteiger partial charge on any atom is 0.250 e. The summed E-state index contributed by atoms with van der Waals surface area (Å²) in [6, 6.07) is 13.6. The number of benzene rings is 2. The van der Waals surface area contributed by atoms with Crippen molar-refractivity contribution >= 4 is 31.4 Å². The summed E-state index contributed by atoms with van der Waals surface area (Å²) in [4.78, 5) is 0. The van der Waals surface area contributed by atoms with E-state index in [9.17, 15) is 16.8 Å². The molecule has 1 aliphatic heterocycles. The Morgan fingerprint density at radius 3 is 2.37 bits per heavy atom. The summed E-state index contributed by atoms with van der Waals surface area (Å²) in [7, 11) is -5.38. The fourth-order valence-corrected chi connectivity index (χ4v) is 4.84. The zero-order chi connectivity index (χ0) is 21.9. The van der Waals surface area contributed by atoms with Crippen LogP contribution in [0.1, 0.15) is 37.4 Å². The first kappa shape index (κ1) is 22.1. The van der Waals surface area contributed by atoms with Crippen molar-refractivity contribution in [2.24, 2.45) is 5.10 Å². The monoisotopic (exact) mass is 451 g/mol. The van der Waals surface area contributed by atoms with Crippen LogP contribution in [-0.4, -0.2) is 45.6 Å². The third-order valence-corrected chi connectivity index (χ3v) is 7.82. The molecule has 0 aliphatic carbocycles. The van der Waals surface area contributed by atoms with Crippen molar-refractivity contribution in [1.82, 2.24) is 4.41 Å². The molecule has 2 aromatic rings. The number of nitrogens with zero attached hydrogens (tertiary/aromatic N) is 2. The molecule has 1 heterocycles. The average molecular weight is 452 g/mol. The molecule has 0 amide bonds. The number of methoxy groups -OCH3 is 1. The fraction of sp³-hybridized carbons (Fsp3) is 0.350. The van der Waals surface area contributed by atoms with Crippen LogP contribution in [0.4, 0.5) is 5.69 Å². The Labute approximate surface area is 177 Å². The highest BCUT2D eigenvalue weighted by molar-refractivity contribution is 7.92. The van der Waals surface area contributed by atoms with Gasteiger partial charge in [-0.1, -0.05) is 24.3 Å². The second-order valence-electron chi connectivity index (χ2n) is 6.80. The van der Waals surface area contributed by atoms with E-state index in [1.165, 1.54) is 4.41 Å². The molecule has 1 unspecified atom stereocenters. The predicted molar refractivity (Wildman–Crippen MR) is 118 cm³/mol. The minimum absolute atomic E-state index is 0.0203. The zero-order valence-electron chi connectivity index (χ0n) is 17.1. The van der Waals surface area contributed by atoms with Gasteiger partial charge in [0, 0.05) is 12.1 Å². The quantitative estimate of drug-likeness (QED) is 0.664. The first-order chi connectivity index (χ1) is 14.2. The van der Waals surface area contributed by atoms with Crippen LogP contribution >= 0.6 is 0 Å². The summed E-state index contributed by atoms with van der Waals surface area (Å²) < 4.78 is 57.7.